The van der Waals surface area contributed by atoms with Gasteiger partial charge >= 0.3 is 5.91 Å². The summed E-state index contributed by atoms with van der Waals surface area (Å²) >= 11 is 0. The number of carbonyl (C=O) groups excluding carboxylic acids is 2. The Labute approximate surface area is 221 Å². The number of rotatable bonds is 7. The number of aliphatic hydroxyl groups is 1. The first-order chi connectivity index (χ1) is 18.4. The van der Waals surface area contributed by atoms with Crippen molar-refractivity contribution in [3.63, 3.8) is 0 Å². The number of hydrogen-bond acceptors (Lipinski definition) is 6. The van der Waals surface area contributed by atoms with Crippen LogP contribution in [0.25, 0.3) is 16.8 Å². The molecule has 4 aromatic rings. The van der Waals surface area contributed by atoms with Gasteiger partial charge in [-0.25, -0.2) is 4.98 Å². The summed E-state index contributed by atoms with van der Waals surface area (Å²) in [5, 5.41) is 11.5. The maximum Gasteiger partial charge on any atom is 0.302 e. The zero-order valence-electron chi connectivity index (χ0n) is 21.9. The molecule has 1 unspecified atom stereocenters. The van der Waals surface area contributed by atoms with E-state index < -0.39 is 17.7 Å². The van der Waals surface area contributed by atoms with E-state index >= 15 is 0 Å². The summed E-state index contributed by atoms with van der Waals surface area (Å²) in [6, 6.07) is 19.5. The number of nitrogens with zero attached hydrogens (tertiary/aromatic N) is 3. The molecule has 1 amide bonds. The number of H-pyrrole nitrogens is 1. The van der Waals surface area contributed by atoms with Crippen LogP contribution in [-0.2, 0) is 9.59 Å². The smallest absolute Gasteiger partial charge is 0.302 e. The number of aromatic amines is 1. The average Bonchev–Trinajstić information content (AvgIpc) is 3.47. The van der Waals surface area contributed by atoms with E-state index in [4.69, 9.17) is 4.74 Å². The molecule has 1 fully saturated rings. The van der Waals surface area contributed by atoms with Gasteiger partial charge in [-0.15, -0.1) is 0 Å². The predicted molar refractivity (Wildman–Crippen MR) is 149 cm³/mol. The molecule has 2 N–H and O–H groups in total. The van der Waals surface area contributed by atoms with Crippen LogP contribution in [0.2, 0.25) is 0 Å². The lowest BCUT2D eigenvalue weighted by Gasteiger charge is -2.25. The average molecular weight is 511 g/mol. The molecule has 38 heavy (non-hydrogen) atoms. The van der Waals surface area contributed by atoms with Gasteiger partial charge in [0, 0.05) is 24.3 Å². The molecule has 194 valence electrons. The van der Waals surface area contributed by atoms with E-state index in [-0.39, 0.29) is 17.3 Å². The largest absolute Gasteiger partial charge is 0.507 e. The molecule has 0 radical (unpaired) electrons. The number of amides is 1. The normalized spacial score (nSPS) is 16.8. The van der Waals surface area contributed by atoms with Crippen molar-refractivity contribution in [1.82, 2.24) is 9.97 Å². The topological polar surface area (TPSA) is 98.8 Å². The van der Waals surface area contributed by atoms with Crippen LogP contribution < -0.4 is 14.5 Å². The minimum absolute atomic E-state index is 0.0133. The number of anilines is 2. The van der Waals surface area contributed by atoms with Gasteiger partial charge in [0.15, 0.2) is 0 Å². The highest BCUT2D eigenvalue weighted by Gasteiger charge is 2.48. The number of imidazole rings is 1. The van der Waals surface area contributed by atoms with Crippen molar-refractivity contribution < 1.29 is 19.4 Å². The third-order valence-electron chi connectivity index (χ3n) is 7.08. The number of methoxy groups -OCH3 is 1. The predicted octanol–water partition coefficient (Wildman–Crippen LogP) is 5.35. The van der Waals surface area contributed by atoms with Crippen LogP contribution in [0.5, 0.6) is 5.75 Å². The Morgan fingerprint density at radius 3 is 2.39 bits per heavy atom. The molecule has 0 bridgehead atoms. The lowest BCUT2D eigenvalue weighted by Crippen LogP contribution is -2.30. The van der Waals surface area contributed by atoms with Crippen molar-refractivity contribution >= 4 is 40.1 Å². The Morgan fingerprint density at radius 2 is 1.76 bits per heavy atom. The van der Waals surface area contributed by atoms with Gasteiger partial charge < -0.3 is 19.7 Å². The monoisotopic (exact) mass is 510 g/mol. The first-order valence-electron chi connectivity index (χ1n) is 12.6. The molecule has 5 rings (SSSR count). The van der Waals surface area contributed by atoms with Crippen LogP contribution in [0.15, 0.2) is 72.3 Å². The summed E-state index contributed by atoms with van der Waals surface area (Å²) in [5.74, 6) is -0.882. The highest BCUT2D eigenvalue weighted by Crippen LogP contribution is 2.42. The number of fused-ring (bicyclic) bond motifs is 1. The second kappa shape index (κ2) is 10.0. The fraction of sp³-hybridized carbons (Fsp3) is 0.233. The summed E-state index contributed by atoms with van der Waals surface area (Å²) in [4.78, 5) is 38.4. The Bertz CT molecular complexity index is 1520. The number of aromatic nitrogens is 2. The molecule has 0 saturated carbocycles. The number of ketones is 1. The van der Waals surface area contributed by atoms with Gasteiger partial charge in [-0.1, -0.05) is 24.3 Å². The van der Waals surface area contributed by atoms with Gasteiger partial charge in [0.05, 0.1) is 29.8 Å². The zero-order chi connectivity index (χ0) is 27.0. The van der Waals surface area contributed by atoms with Crippen molar-refractivity contribution in [2.24, 2.45) is 0 Å². The highest BCUT2D eigenvalue weighted by atomic mass is 16.5. The molecular weight excluding hydrogens is 480 g/mol. The Morgan fingerprint density at radius 1 is 1.05 bits per heavy atom. The lowest BCUT2D eigenvalue weighted by molar-refractivity contribution is -0.132. The third kappa shape index (κ3) is 4.18. The highest BCUT2D eigenvalue weighted by molar-refractivity contribution is 6.51. The second-order valence-electron chi connectivity index (χ2n) is 9.19. The minimum Gasteiger partial charge on any atom is -0.507 e. The van der Waals surface area contributed by atoms with Crippen LogP contribution >= 0.6 is 0 Å². The van der Waals surface area contributed by atoms with Gasteiger partial charge in [-0.2, -0.15) is 0 Å². The number of Topliss-reactive ketones (excluding diaryl/α,β-unsaturated/α-hetero) is 1. The molecule has 1 atom stereocenters. The number of ether oxygens (including phenoxy) is 1. The third-order valence-corrected chi connectivity index (χ3v) is 7.08. The van der Waals surface area contributed by atoms with E-state index in [1.807, 2.05) is 55.5 Å². The molecule has 1 aliphatic rings. The number of aryl methyl sites for hydroxylation is 1. The maximum atomic E-state index is 13.5. The van der Waals surface area contributed by atoms with E-state index in [0.717, 1.165) is 24.3 Å². The van der Waals surface area contributed by atoms with Crippen LogP contribution in [-0.4, -0.2) is 47.0 Å². The number of para-hydroxylation sites is 2. The molecule has 8 nitrogen and oxygen atoms in total. The van der Waals surface area contributed by atoms with E-state index in [9.17, 15) is 14.7 Å². The quantitative estimate of drug-likeness (QED) is 0.198. The molecule has 0 aliphatic carbocycles. The van der Waals surface area contributed by atoms with Gasteiger partial charge in [0.1, 0.15) is 11.5 Å². The second-order valence-corrected chi connectivity index (χ2v) is 9.19. The van der Waals surface area contributed by atoms with Crippen molar-refractivity contribution in [1.29, 1.82) is 0 Å². The summed E-state index contributed by atoms with van der Waals surface area (Å²) in [6.07, 6.45) is 0. The fourth-order valence-electron chi connectivity index (χ4n) is 5.05. The van der Waals surface area contributed by atoms with E-state index in [1.54, 1.807) is 25.3 Å². The van der Waals surface area contributed by atoms with E-state index in [1.165, 1.54) is 4.90 Å². The van der Waals surface area contributed by atoms with Crippen molar-refractivity contribution in [2.45, 2.75) is 26.8 Å². The minimum atomic E-state index is -0.872. The van der Waals surface area contributed by atoms with Gasteiger partial charge in [-0.05, 0) is 74.4 Å². The molecular formula is C30H30N4O4. The molecule has 2 heterocycles. The first kappa shape index (κ1) is 25.1. The Kier molecular flexibility index (Phi) is 6.63. The molecule has 1 saturated heterocycles. The van der Waals surface area contributed by atoms with Crippen LogP contribution in [0.1, 0.15) is 36.6 Å². The molecule has 1 aliphatic heterocycles. The molecule has 1 aromatic heterocycles. The van der Waals surface area contributed by atoms with Crippen LogP contribution in [0.4, 0.5) is 11.6 Å². The van der Waals surface area contributed by atoms with E-state index in [0.29, 0.717) is 28.0 Å². The lowest BCUT2D eigenvalue weighted by atomic mass is 9.93. The molecule has 8 heteroatoms. The zero-order valence-corrected chi connectivity index (χ0v) is 21.9. The van der Waals surface area contributed by atoms with E-state index in [2.05, 4.69) is 28.7 Å². The van der Waals surface area contributed by atoms with Crippen molar-refractivity contribution in [2.75, 3.05) is 30.0 Å². The molecule has 0 spiro atoms. The standard InChI is InChI=1S/C30H30N4O4/c1-5-33(6-2)20-13-11-19(12-14-20)26-25(27(35)22-16-15-21(38-4)17-18(22)3)28(36)29(37)34(26)30-31-23-9-7-8-10-24(23)32-30/h7-17,26,35H,5-6H2,1-4H3,(H,31,32)/b27-25+. The summed E-state index contributed by atoms with van der Waals surface area (Å²) in [5.41, 5.74) is 4.32. The number of carbonyl (C=O) groups is 2. The number of hydrogen-bond donors (Lipinski definition) is 2. The van der Waals surface area contributed by atoms with Crippen molar-refractivity contribution in [3.8, 4) is 5.75 Å². The van der Waals surface area contributed by atoms with Crippen molar-refractivity contribution in [3.05, 3.63) is 89.0 Å². The maximum absolute atomic E-state index is 13.5. The van der Waals surface area contributed by atoms with Crippen LogP contribution in [0.3, 0.4) is 0 Å². The SMILES string of the molecule is CCN(CC)c1ccc(C2/C(=C(\O)c3ccc(OC)cc3C)C(=O)C(=O)N2c2nc3ccccc3[nH]2)cc1. The van der Waals surface area contributed by atoms with Gasteiger partial charge in [0.2, 0.25) is 5.95 Å². The first-order valence-corrected chi connectivity index (χ1v) is 12.6. The van der Waals surface area contributed by atoms with Crippen LogP contribution in [0, 0.1) is 6.92 Å². The summed E-state index contributed by atoms with van der Waals surface area (Å²) in [6.45, 7) is 7.70. The Hall–Kier alpha value is -4.59. The van der Waals surface area contributed by atoms with Gasteiger partial charge in [-0.3, -0.25) is 14.5 Å². The van der Waals surface area contributed by atoms with Gasteiger partial charge in [0.25, 0.3) is 5.78 Å². The fourth-order valence-corrected chi connectivity index (χ4v) is 5.05. The summed E-state index contributed by atoms with van der Waals surface area (Å²) < 4.78 is 5.29. The summed E-state index contributed by atoms with van der Waals surface area (Å²) in [7, 11) is 1.56. The molecule has 3 aromatic carbocycles. The number of benzene rings is 3. The Balaban J connectivity index is 1.70. The number of aliphatic hydroxyl groups excluding tert-OH is 1. The number of nitrogens with one attached hydrogen (secondary N) is 1.